The number of thiophene rings is 1. The molecule has 9 nitrogen and oxygen atoms in total. The Labute approximate surface area is 241 Å². The number of rotatable bonds is 12. The molecule has 2 aliphatic heterocycles. The molecule has 1 amide bonds. The van der Waals surface area contributed by atoms with Crippen molar-refractivity contribution in [1.82, 2.24) is 10.4 Å². The minimum absolute atomic E-state index is 0.000171. The first-order valence-electron chi connectivity index (χ1n) is 14.1. The number of aryl methyl sites for hydroxylation is 1. The van der Waals surface area contributed by atoms with Crippen LogP contribution in [-0.4, -0.2) is 81.4 Å². The summed E-state index contributed by atoms with van der Waals surface area (Å²) in [6.45, 7) is 5.58. The number of hydroxylamine groups is 1. The summed E-state index contributed by atoms with van der Waals surface area (Å²) in [4.78, 5) is 32.3. The van der Waals surface area contributed by atoms with Crippen molar-refractivity contribution in [3.05, 3.63) is 46.2 Å². The molecular formula is C29H41N3O6S2. The maximum absolute atomic E-state index is 13.8. The number of unbranched alkanes of at least 4 members (excludes halogenated alkanes) is 1. The second kappa shape index (κ2) is 13.6. The molecule has 2 aliphatic rings. The lowest BCUT2D eigenvalue weighted by molar-refractivity contribution is -0.133. The van der Waals surface area contributed by atoms with E-state index in [1.54, 1.807) is 48.2 Å². The fraction of sp³-hybridized carbons (Fsp3) is 0.586. The van der Waals surface area contributed by atoms with Crippen molar-refractivity contribution in [3.8, 4) is 0 Å². The number of carbonyl (C=O) groups excluding carboxylic acids is 2. The van der Waals surface area contributed by atoms with Crippen LogP contribution in [0.25, 0.3) is 0 Å². The Hall–Kier alpha value is -2.31. The third kappa shape index (κ3) is 6.44. The van der Waals surface area contributed by atoms with Crippen LogP contribution in [0.1, 0.15) is 60.0 Å². The number of piperidine rings is 2. The van der Waals surface area contributed by atoms with Gasteiger partial charge in [0.2, 0.25) is 0 Å². The summed E-state index contributed by atoms with van der Waals surface area (Å²) in [5.74, 6) is -0.660. The van der Waals surface area contributed by atoms with Crippen molar-refractivity contribution in [2.45, 2.75) is 61.5 Å². The van der Waals surface area contributed by atoms with Crippen LogP contribution in [0, 0.1) is 5.92 Å². The Balaban J connectivity index is 1.40. The molecule has 0 spiro atoms. The van der Waals surface area contributed by atoms with Crippen LogP contribution in [0.5, 0.6) is 0 Å². The van der Waals surface area contributed by atoms with Gasteiger partial charge >= 0.3 is 0 Å². The Bertz CT molecular complexity index is 1240. The zero-order valence-corrected chi connectivity index (χ0v) is 25.1. The monoisotopic (exact) mass is 591 g/mol. The van der Waals surface area contributed by atoms with Crippen LogP contribution in [0.2, 0.25) is 0 Å². The summed E-state index contributed by atoms with van der Waals surface area (Å²) in [7, 11) is -2.46. The highest BCUT2D eigenvalue weighted by atomic mass is 32.2. The van der Waals surface area contributed by atoms with Crippen LogP contribution < -0.4 is 10.4 Å². The van der Waals surface area contributed by atoms with E-state index in [0.29, 0.717) is 39.3 Å². The van der Waals surface area contributed by atoms with Crippen molar-refractivity contribution in [2.24, 2.45) is 5.92 Å². The molecule has 0 aliphatic carbocycles. The average Bonchev–Trinajstić information content (AvgIpc) is 3.47. The number of ether oxygens (including phenoxy) is 1. The number of benzene rings is 1. The Morgan fingerprint density at radius 1 is 1.07 bits per heavy atom. The van der Waals surface area contributed by atoms with Gasteiger partial charge in [-0.05, 0) is 74.9 Å². The number of hydrogen-bond donors (Lipinski definition) is 2. The standard InChI is InChI=1S/C29H41N3O6S2/c1-3-4-5-24-8-11-26(39-24)27(33)22-12-16-32(17-13-22)23-6-9-25(10-7-23)40(36,37)29(28(34)30-35)14-18-31(19-15-29)20-21-38-2/h6-11,22,35H,3-5,12-21H2,1-2H3,(H,30,34). The normalized spacial score (nSPS) is 18.5. The van der Waals surface area contributed by atoms with E-state index < -0.39 is 20.5 Å². The van der Waals surface area contributed by atoms with E-state index in [4.69, 9.17) is 4.74 Å². The molecule has 3 heterocycles. The van der Waals surface area contributed by atoms with Crippen molar-refractivity contribution < 1.29 is 28.0 Å². The molecule has 0 bridgehead atoms. The fourth-order valence-electron chi connectivity index (χ4n) is 5.74. The van der Waals surface area contributed by atoms with E-state index in [9.17, 15) is 23.2 Å². The highest BCUT2D eigenvalue weighted by Crippen LogP contribution is 2.37. The summed E-state index contributed by atoms with van der Waals surface area (Å²) in [6.07, 6.45) is 4.96. The highest BCUT2D eigenvalue weighted by Gasteiger charge is 2.52. The first-order valence-corrected chi connectivity index (χ1v) is 16.4. The molecule has 0 unspecified atom stereocenters. The summed E-state index contributed by atoms with van der Waals surface area (Å²) >= 11 is 1.62. The maximum Gasteiger partial charge on any atom is 0.265 e. The van der Waals surface area contributed by atoms with Gasteiger partial charge in [-0.1, -0.05) is 13.3 Å². The zero-order chi connectivity index (χ0) is 28.8. The SMILES string of the molecule is CCCCc1ccc(C(=O)C2CCN(c3ccc(S(=O)(=O)C4(C(=O)NO)CCN(CCOC)CC4)cc3)CC2)s1. The first-order chi connectivity index (χ1) is 19.3. The molecule has 11 heteroatoms. The van der Waals surface area contributed by atoms with Gasteiger partial charge in [-0.2, -0.15) is 0 Å². The van der Waals surface area contributed by atoms with Gasteiger partial charge in [0.25, 0.3) is 5.91 Å². The second-order valence-electron chi connectivity index (χ2n) is 10.8. The van der Waals surface area contributed by atoms with Crippen molar-refractivity contribution in [1.29, 1.82) is 0 Å². The summed E-state index contributed by atoms with van der Waals surface area (Å²) in [5.41, 5.74) is 2.50. The summed E-state index contributed by atoms with van der Waals surface area (Å²) < 4.78 is 30.9. The molecule has 0 atom stereocenters. The second-order valence-corrected chi connectivity index (χ2v) is 14.2. The number of anilines is 1. The lowest BCUT2D eigenvalue weighted by Gasteiger charge is -2.39. The van der Waals surface area contributed by atoms with Crippen LogP contribution in [-0.2, 0) is 25.8 Å². The Morgan fingerprint density at radius 3 is 2.35 bits per heavy atom. The molecule has 1 aromatic carbocycles. The van der Waals surface area contributed by atoms with E-state index >= 15 is 0 Å². The Morgan fingerprint density at radius 2 is 1.75 bits per heavy atom. The van der Waals surface area contributed by atoms with E-state index in [1.165, 1.54) is 4.88 Å². The lowest BCUT2D eigenvalue weighted by Crippen LogP contribution is -2.58. The predicted octanol–water partition coefficient (Wildman–Crippen LogP) is 3.95. The molecule has 2 fully saturated rings. The molecule has 2 saturated heterocycles. The molecular weight excluding hydrogens is 550 g/mol. The van der Waals surface area contributed by atoms with Gasteiger partial charge in [0.05, 0.1) is 16.4 Å². The summed E-state index contributed by atoms with van der Waals surface area (Å²) in [5, 5.41) is 9.43. The van der Waals surface area contributed by atoms with Gasteiger partial charge in [-0.15, -0.1) is 11.3 Å². The van der Waals surface area contributed by atoms with Crippen LogP contribution in [0.15, 0.2) is 41.3 Å². The van der Waals surface area contributed by atoms with Gasteiger partial charge in [-0.25, -0.2) is 13.9 Å². The average molecular weight is 592 g/mol. The molecule has 40 heavy (non-hydrogen) atoms. The molecule has 1 aromatic heterocycles. The van der Waals surface area contributed by atoms with Crippen LogP contribution >= 0.6 is 11.3 Å². The number of amides is 1. The van der Waals surface area contributed by atoms with Gasteiger partial charge in [0.1, 0.15) is 0 Å². The number of Topliss-reactive ketones (excluding diaryl/α,β-unsaturated/α-hetero) is 1. The quantitative estimate of drug-likeness (QED) is 0.217. The largest absolute Gasteiger partial charge is 0.383 e. The van der Waals surface area contributed by atoms with E-state index in [1.807, 2.05) is 6.07 Å². The molecule has 4 rings (SSSR count). The third-order valence-electron chi connectivity index (χ3n) is 8.36. The number of ketones is 1. The molecule has 0 radical (unpaired) electrons. The highest BCUT2D eigenvalue weighted by molar-refractivity contribution is 7.93. The van der Waals surface area contributed by atoms with Gasteiger partial charge < -0.3 is 14.5 Å². The van der Waals surface area contributed by atoms with Crippen LogP contribution in [0.4, 0.5) is 5.69 Å². The summed E-state index contributed by atoms with van der Waals surface area (Å²) in [6, 6.07) is 10.7. The number of nitrogens with zero attached hydrogens (tertiary/aromatic N) is 2. The van der Waals surface area contributed by atoms with Crippen LogP contribution in [0.3, 0.4) is 0 Å². The zero-order valence-electron chi connectivity index (χ0n) is 23.4. The minimum atomic E-state index is -4.07. The van der Waals surface area contributed by atoms with Crippen molar-refractivity contribution in [3.63, 3.8) is 0 Å². The lowest BCUT2D eigenvalue weighted by atomic mass is 9.91. The number of carbonyl (C=O) groups is 2. The predicted molar refractivity (Wildman–Crippen MR) is 156 cm³/mol. The molecule has 0 saturated carbocycles. The Kier molecular flexibility index (Phi) is 10.4. The topological polar surface area (TPSA) is 116 Å². The maximum atomic E-state index is 13.8. The van der Waals surface area contributed by atoms with E-state index in [2.05, 4.69) is 22.8 Å². The van der Waals surface area contributed by atoms with Crippen molar-refractivity contribution in [2.75, 3.05) is 51.3 Å². The van der Waals surface area contributed by atoms with Gasteiger partial charge in [0.15, 0.2) is 20.4 Å². The van der Waals surface area contributed by atoms with Crippen molar-refractivity contribution >= 4 is 38.6 Å². The number of methoxy groups -OCH3 is 1. The molecule has 2 N–H and O–H groups in total. The number of nitrogens with one attached hydrogen (secondary N) is 1. The molecule has 2 aromatic rings. The number of likely N-dealkylation sites (tertiary alicyclic amines) is 1. The fourth-order valence-corrected chi connectivity index (χ4v) is 8.76. The third-order valence-corrected chi connectivity index (χ3v) is 12.0. The molecule has 220 valence electrons. The minimum Gasteiger partial charge on any atom is -0.383 e. The first kappa shape index (κ1) is 30.6. The number of sulfone groups is 1. The number of hydrogen-bond acceptors (Lipinski definition) is 9. The smallest absolute Gasteiger partial charge is 0.265 e. The van der Waals surface area contributed by atoms with E-state index in [0.717, 1.165) is 42.7 Å². The van der Waals surface area contributed by atoms with E-state index in [-0.39, 0.29) is 29.4 Å². The van der Waals surface area contributed by atoms with Gasteiger partial charge in [-0.3, -0.25) is 14.8 Å². The van der Waals surface area contributed by atoms with Gasteiger partial charge in [0, 0.05) is 56.3 Å².